The number of hydrogen-bond acceptors (Lipinski definition) is 5. The highest BCUT2D eigenvalue weighted by Gasteiger charge is 2.34. The standard InChI is InChI=1S/C25H29N3O4S/c1-3-31-24(30)21-16(2)26-25(33)27-23(21)22-18-10-6-5-9-17(18)11-12-19(22)32-15-20(29)28-13-7-4-8-14-28/h5-6,9-12,23H,3-4,7-8,13-15H2,1-2H3,(H2,26,27,33)/t23-/m0/s1. The van der Waals surface area contributed by atoms with Crippen molar-refractivity contribution in [1.29, 1.82) is 0 Å². The molecule has 2 aliphatic rings. The number of allylic oxidation sites excluding steroid dienone is 1. The smallest absolute Gasteiger partial charge is 0.338 e. The number of ether oxygens (including phenoxy) is 2. The number of fused-ring (bicyclic) bond motifs is 1. The Morgan fingerprint density at radius 1 is 1.12 bits per heavy atom. The van der Waals surface area contributed by atoms with Gasteiger partial charge in [0.2, 0.25) is 0 Å². The number of carbonyl (C=O) groups excluding carboxylic acids is 2. The van der Waals surface area contributed by atoms with Crippen molar-refractivity contribution in [3.63, 3.8) is 0 Å². The molecule has 0 aliphatic carbocycles. The summed E-state index contributed by atoms with van der Waals surface area (Å²) >= 11 is 5.41. The van der Waals surface area contributed by atoms with E-state index < -0.39 is 12.0 Å². The summed E-state index contributed by atoms with van der Waals surface area (Å²) in [5.74, 6) is 0.0848. The second-order valence-corrected chi connectivity index (χ2v) is 8.63. The van der Waals surface area contributed by atoms with Crippen LogP contribution in [-0.2, 0) is 14.3 Å². The molecule has 4 rings (SSSR count). The van der Waals surface area contributed by atoms with Gasteiger partial charge in [-0.25, -0.2) is 4.79 Å². The van der Waals surface area contributed by atoms with Gasteiger partial charge in [-0.1, -0.05) is 30.3 Å². The van der Waals surface area contributed by atoms with Gasteiger partial charge < -0.3 is 25.0 Å². The molecular formula is C25H29N3O4S. The van der Waals surface area contributed by atoms with Crippen LogP contribution in [0.3, 0.4) is 0 Å². The normalized spacial score (nSPS) is 18.5. The number of likely N-dealkylation sites (tertiary alicyclic amines) is 1. The van der Waals surface area contributed by atoms with Crippen LogP contribution in [0.1, 0.15) is 44.7 Å². The minimum Gasteiger partial charge on any atom is -0.483 e. The number of benzene rings is 2. The third-order valence-electron chi connectivity index (χ3n) is 6.04. The lowest BCUT2D eigenvalue weighted by atomic mass is 9.90. The summed E-state index contributed by atoms with van der Waals surface area (Å²) in [5.41, 5.74) is 1.82. The molecule has 2 aliphatic heterocycles. The largest absolute Gasteiger partial charge is 0.483 e. The number of thiocarbonyl (C=S) groups is 1. The van der Waals surface area contributed by atoms with Crippen molar-refractivity contribution < 1.29 is 19.1 Å². The highest BCUT2D eigenvalue weighted by Crippen LogP contribution is 2.39. The van der Waals surface area contributed by atoms with Gasteiger partial charge in [0.15, 0.2) is 11.7 Å². The first kappa shape index (κ1) is 23.0. The molecule has 8 heteroatoms. The molecule has 0 unspecified atom stereocenters. The van der Waals surface area contributed by atoms with Gasteiger partial charge >= 0.3 is 5.97 Å². The Labute approximate surface area is 199 Å². The van der Waals surface area contributed by atoms with Crippen LogP contribution in [0.25, 0.3) is 10.8 Å². The molecule has 1 amide bonds. The summed E-state index contributed by atoms with van der Waals surface area (Å²) in [7, 11) is 0. The highest BCUT2D eigenvalue weighted by molar-refractivity contribution is 7.80. The van der Waals surface area contributed by atoms with Gasteiger partial charge in [0, 0.05) is 24.4 Å². The first-order valence-electron chi connectivity index (χ1n) is 11.4. The van der Waals surface area contributed by atoms with E-state index >= 15 is 0 Å². The fourth-order valence-corrected chi connectivity index (χ4v) is 4.73. The van der Waals surface area contributed by atoms with Crippen LogP contribution >= 0.6 is 12.2 Å². The second-order valence-electron chi connectivity index (χ2n) is 8.22. The predicted octanol–water partition coefficient (Wildman–Crippen LogP) is 3.59. The first-order chi connectivity index (χ1) is 16.0. The van der Waals surface area contributed by atoms with Crippen molar-refractivity contribution in [2.24, 2.45) is 0 Å². The van der Waals surface area contributed by atoms with Crippen molar-refractivity contribution in [3.8, 4) is 5.75 Å². The van der Waals surface area contributed by atoms with Crippen LogP contribution in [-0.4, -0.2) is 48.2 Å². The predicted molar refractivity (Wildman–Crippen MR) is 131 cm³/mol. The zero-order chi connectivity index (χ0) is 23.4. The lowest BCUT2D eigenvalue weighted by Gasteiger charge is -2.32. The monoisotopic (exact) mass is 467 g/mol. The lowest BCUT2D eigenvalue weighted by Crippen LogP contribution is -2.45. The number of piperidine rings is 1. The summed E-state index contributed by atoms with van der Waals surface area (Å²) in [4.78, 5) is 27.5. The third-order valence-corrected chi connectivity index (χ3v) is 6.26. The zero-order valence-electron chi connectivity index (χ0n) is 19.0. The molecule has 1 fully saturated rings. The zero-order valence-corrected chi connectivity index (χ0v) is 19.8. The fraction of sp³-hybridized carbons (Fsp3) is 0.400. The van der Waals surface area contributed by atoms with E-state index in [0.29, 0.717) is 22.1 Å². The molecule has 1 atom stereocenters. The maximum absolute atomic E-state index is 12.9. The van der Waals surface area contributed by atoms with Crippen LogP contribution in [0.5, 0.6) is 5.75 Å². The van der Waals surface area contributed by atoms with Gasteiger partial charge in [0.25, 0.3) is 5.91 Å². The SMILES string of the molecule is CCOC(=O)C1=C(C)NC(=S)N[C@@H]1c1c(OCC(=O)N2CCCCC2)ccc2ccccc12. The number of hydrogen-bond donors (Lipinski definition) is 2. The Bertz CT molecular complexity index is 1110. The van der Waals surface area contributed by atoms with Crippen LogP contribution in [0.2, 0.25) is 0 Å². The molecule has 2 N–H and O–H groups in total. The molecule has 1 saturated heterocycles. The summed E-state index contributed by atoms with van der Waals surface area (Å²) < 4.78 is 11.4. The molecule has 0 aromatic heterocycles. The molecular weight excluding hydrogens is 438 g/mol. The van der Waals surface area contributed by atoms with Crippen molar-refractivity contribution in [3.05, 3.63) is 53.2 Å². The highest BCUT2D eigenvalue weighted by atomic mass is 32.1. The van der Waals surface area contributed by atoms with E-state index in [-0.39, 0.29) is 19.1 Å². The van der Waals surface area contributed by atoms with E-state index in [9.17, 15) is 9.59 Å². The number of nitrogens with zero attached hydrogens (tertiary/aromatic N) is 1. The van der Waals surface area contributed by atoms with Gasteiger partial charge in [0.05, 0.1) is 18.2 Å². The molecule has 0 radical (unpaired) electrons. The number of amides is 1. The van der Waals surface area contributed by atoms with Crippen LogP contribution in [0.4, 0.5) is 0 Å². The molecule has 0 bridgehead atoms. The van der Waals surface area contributed by atoms with E-state index in [1.807, 2.05) is 41.3 Å². The van der Waals surface area contributed by atoms with E-state index in [4.69, 9.17) is 21.7 Å². The molecule has 2 heterocycles. The summed E-state index contributed by atoms with van der Waals surface area (Å²) in [6.45, 7) is 5.32. The average molecular weight is 468 g/mol. The number of rotatable bonds is 6. The number of esters is 1. The Morgan fingerprint density at radius 2 is 1.88 bits per heavy atom. The first-order valence-corrected chi connectivity index (χ1v) is 11.8. The lowest BCUT2D eigenvalue weighted by molar-refractivity contribution is -0.139. The molecule has 174 valence electrons. The molecule has 2 aromatic carbocycles. The molecule has 7 nitrogen and oxygen atoms in total. The Balaban J connectivity index is 1.74. The number of carbonyl (C=O) groups is 2. The van der Waals surface area contributed by atoms with E-state index in [2.05, 4.69) is 10.6 Å². The van der Waals surface area contributed by atoms with Crippen molar-refractivity contribution >= 4 is 40.0 Å². The van der Waals surface area contributed by atoms with Gasteiger partial charge in [0.1, 0.15) is 5.75 Å². The second kappa shape index (κ2) is 10.2. The quantitative estimate of drug-likeness (QED) is 0.496. The van der Waals surface area contributed by atoms with Gasteiger partial charge in [-0.05, 0) is 62.2 Å². The van der Waals surface area contributed by atoms with Crippen LogP contribution in [0, 0.1) is 0 Å². The minimum absolute atomic E-state index is 0.0278. The number of nitrogens with one attached hydrogen (secondary N) is 2. The summed E-state index contributed by atoms with van der Waals surface area (Å²) in [5, 5.41) is 8.57. The maximum atomic E-state index is 12.9. The molecule has 0 saturated carbocycles. The van der Waals surface area contributed by atoms with Gasteiger partial charge in [-0.3, -0.25) is 4.79 Å². The van der Waals surface area contributed by atoms with E-state index in [1.165, 1.54) is 0 Å². The van der Waals surface area contributed by atoms with E-state index in [1.54, 1.807) is 13.8 Å². The van der Waals surface area contributed by atoms with Crippen molar-refractivity contribution in [2.75, 3.05) is 26.3 Å². The Hall–Kier alpha value is -3.13. The van der Waals surface area contributed by atoms with Gasteiger partial charge in [-0.2, -0.15) is 0 Å². The minimum atomic E-state index is -0.580. The maximum Gasteiger partial charge on any atom is 0.338 e. The molecule has 0 spiro atoms. The molecule has 33 heavy (non-hydrogen) atoms. The van der Waals surface area contributed by atoms with Gasteiger partial charge in [-0.15, -0.1) is 0 Å². The fourth-order valence-electron chi connectivity index (χ4n) is 4.46. The topological polar surface area (TPSA) is 79.9 Å². The van der Waals surface area contributed by atoms with Crippen molar-refractivity contribution in [1.82, 2.24) is 15.5 Å². The van der Waals surface area contributed by atoms with E-state index in [0.717, 1.165) is 48.7 Å². The summed E-state index contributed by atoms with van der Waals surface area (Å²) in [6, 6.07) is 11.1. The average Bonchev–Trinajstić information content (AvgIpc) is 2.82. The molecule has 2 aromatic rings. The van der Waals surface area contributed by atoms with Crippen molar-refractivity contribution in [2.45, 2.75) is 39.2 Å². The van der Waals surface area contributed by atoms with Crippen LogP contribution in [0.15, 0.2) is 47.7 Å². The Morgan fingerprint density at radius 3 is 2.64 bits per heavy atom. The third kappa shape index (κ3) is 4.95. The van der Waals surface area contributed by atoms with Crippen LogP contribution < -0.4 is 15.4 Å². The Kier molecular flexibility index (Phi) is 7.13. The summed E-state index contributed by atoms with van der Waals surface area (Å²) in [6.07, 6.45) is 3.20.